The second-order valence-electron chi connectivity index (χ2n) is 3.28. The lowest BCUT2D eigenvalue weighted by molar-refractivity contribution is -0.140. The van der Waals surface area contributed by atoms with Gasteiger partial charge < -0.3 is 21.3 Å². The highest BCUT2D eigenvalue weighted by molar-refractivity contribution is 6.33. The first-order valence-electron chi connectivity index (χ1n) is 4.65. The number of carbonyl (C=O) groups is 2. The van der Waals surface area contributed by atoms with Crippen LogP contribution in [0.2, 0.25) is 5.02 Å². The van der Waals surface area contributed by atoms with E-state index in [-0.39, 0.29) is 11.3 Å². The molecule has 1 aromatic carbocycles. The highest BCUT2D eigenvalue weighted by Gasteiger charge is 2.19. The van der Waals surface area contributed by atoms with Crippen molar-refractivity contribution in [1.29, 1.82) is 0 Å². The molecule has 6 nitrogen and oxygen atoms in total. The Morgan fingerprint density at radius 1 is 1.47 bits per heavy atom. The molecule has 5 N–H and O–H groups in total. The molecule has 0 fully saturated rings. The number of carboxylic acids is 1. The molecule has 0 aromatic heterocycles. The summed E-state index contributed by atoms with van der Waals surface area (Å²) in [7, 11) is 0. The van der Waals surface area contributed by atoms with Crippen molar-refractivity contribution in [3.8, 4) is 0 Å². The van der Waals surface area contributed by atoms with E-state index in [4.69, 9.17) is 27.5 Å². The predicted molar refractivity (Wildman–Crippen MR) is 61.8 cm³/mol. The van der Waals surface area contributed by atoms with Crippen molar-refractivity contribution in [3.05, 3.63) is 28.8 Å². The van der Waals surface area contributed by atoms with Crippen LogP contribution in [0.15, 0.2) is 18.2 Å². The molecule has 0 saturated carbocycles. The van der Waals surface area contributed by atoms with Crippen LogP contribution in [-0.2, 0) is 4.79 Å². The lowest BCUT2D eigenvalue weighted by Crippen LogP contribution is -2.43. The second-order valence-corrected chi connectivity index (χ2v) is 3.69. The SMILES string of the molecule is Nc1cc(C(=O)NC(CO)C(=O)O)ccc1Cl. The number of hydrogen-bond acceptors (Lipinski definition) is 4. The van der Waals surface area contributed by atoms with Gasteiger partial charge in [0.15, 0.2) is 6.04 Å². The van der Waals surface area contributed by atoms with Crippen molar-refractivity contribution < 1.29 is 19.8 Å². The van der Waals surface area contributed by atoms with E-state index in [1.807, 2.05) is 0 Å². The highest BCUT2D eigenvalue weighted by Crippen LogP contribution is 2.19. The number of carbonyl (C=O) groups excluding carboxylic acids is 1. The Balaban J connectivity index is 2.82. The van der Waals surface area contributed by atoms with Crippen LogP contribution in [0.1, 0.15) is 10.4 Å². The monoisotopic (exact) mass is 258 g/mol. The summed E-state index contributed by atoms with van der Waals surface area (Å²) in [5.74, 6) is -1.96. The largest absolute Gasteiger partial charge is 0.480 e. The minimum Gasteiger partial charge on any atom is -0.480 e. The van der Waals surface area contributed by atoms with Crippen LogP contribution in [0.5, 0.6) is 0 Å². The number of carboxylic acid groups (broad SMARTS) is 1. The molecule has 1 rings (SSSR count). The van der Waals surface area contributed by atoms with Gasteiger partial charge in [-0.2, -0.15) is 0 Å². The minimum absolute atomic E-state index is 0.173. The first-order valence-corrected chi connectivity index (χ1v) is 5.03. The number of nitrogens with two attached hydrogens (primary N) is 1. The average Bonchev–Trinajstić information content (AvgIpc) is 2.28. The molecular weight excluding hydrogens is 248 g/mol. The summed E-state index contributed by atoms with van der Waals surface area (Å²) in [5.41, 5.74) is 5.89. The van der Waals surface area contributed by atoms with Crippen LogP contribution >= 0.6 is 11.6 Å². The molecule has 1 atom stereocenters. The second kappa shape index (κ2) is 5.51. The number of aliphatic carboxylic acids is 1. The molecule has 92 valence electrons. The molecule has 0 aliphatic heterocycles. The fourth-order valence-corrected chi connectivity index (χ4v) is 1.23. The van der Waals surface area contributed by atoms with E-state index in [2.05, 4.69) is 5.32 Å². The Labute approximate surface area is 102 Å². The van der Waals surface area contributed by atoms with Crippen molar-refractivity contribution >= 4 is 29.2 Å². The highest BCUT2D eigenvalue weighted by atomic mass is 35.5. The Morgan fingerprint density at radius 2 is 2.12 bits per heavy atom. The maximum Gasteiger partial charge on any atom is 0.328 e. The number of amides is 1. The molecule has 17 heavy (non-hydrogen) atoms. The lowest BCUT2D eigenvalue weighted by Gasteiger charge is -2.11. The van der Waals surface area contributed by atoms with Gasteiger partial charge >= 0.3 is 5.97 Å². The molecule has 0 spiro atoms. The quantitative estimate of drug-likeness (QED) is 0.572. The van der Waals surface area contributed by atoms with E-state index >= 15 is 0 Å². The topological polar surface area (TPSA) is 113 Å². The standard InChI is InChI=1S/C10H11ClN2O4/c11-6-2-1-5(3-7(6)12)9(15)13-8(4-14)10(16)17/h1-3,8,14H,4,12H2,(H,13,15)(H,16,17). The van der Waals surface area contributed by atoms with E-state index in [0.717, 1.165) is 0 Å². The Hall–Kier alpha value is -1.79. The van der Waals surface area contributed by atoms with Gasteiger partial charge in [-0.05, 0) is 18.2 Å². The molecule has 1 amide bonds. The zero-order valence-corrected chi connectivity index (χ0v) is 9.44. The summed E-state index contributed by atoms with van der Waals surface area (Å²) in [6.07, 6.45) is 0. The fraction of sp³-hybridized carbons (Fsp3) is 0.200. The van der Waals surface area contributed by atoms with E-state index in [0.29, 0.717) is 5.02 Å². The lowest BCUT2D eigenvalue weighted by atomic mass is 10.1. The van der Waals surface area contributed by atoms with Gasteiger partial charge in [0.05, 0.1) is 17.3 Å². The normalized spacial score (nSPS) is 11.9. The van der Waals surface area contributed by atoms with Gasteiger partial charge in [-0.3, -0.25) is 4.79 Å². The molecule has 0 bridgehead atoms. The molecule has 0 saturated heterocycles. The Kier molecular flexibility index (Phi) is 4.30. The average molecular weight is 259 g/mol. The van der Waals surface area contributed by atoms with E-state index in [1.54, 1.807) is 0 Å². The number of anilines is 1. The van der Waals surface area contributed by atoms with Gasteiger partial charge in [-0.1, -0.05) is 11.6 Å². The summed E-state index contributed by atoms with van der Waals surface area (Å²) < 4.78 is 0. The van der Waals surface area contributed by atoms with Crippen LogP contribution in [0.4, 0.5) is 5.69 Å². The third-order valence-electron chi connectivity index (χ3n) is 2.04. The number of aliphatic hydroxyl groups excluding tert-OH is 1. The number of nitrogens with one attached hydrogen (secondary N) is 1. The third kappa shape index (κ3) is 3.33. The third-order valence-corrected chi connectivity index (χ3v) is 2.39. The zero-order chi connectivity index (χ0) is 13.0. The molecule has 1 unspecified atom stereocenters. The van der Waals surface area contributed by atoms with Gasteiger partial charge in [0, 0.05) is 5.56 Å². The number of rotatable bonds is 4. The van der Waals surface area contributed by atoms with Gasteiger partial charge in [0.2, 0.25) is 0 Å². The zero-order valence-electron chi connectivity index (χ0n) is 8.68. The smallest absolute Gasteiger partial charge is 0.328 e. The summed E-state index contributed by atoms with van der Waals surface area (Å²) in [6.45, 7) is -0.690. The van der Waals surface area contributed by atoms with E-state index in [9.17, 15) is 9.59 Å². The van der Waals surface area contributed by atoms with Crippen LogP contribution < -0.4 is 11.1 Å². The Morgan fingerprint density at radius 3 is 2.59 bits per heavy atom. The first kappa shape index (κ1) is 13.3. The maximum absolute atomic E-state index is 11.6. The molecule has 0 aliphatic carbocycles. The molecule has 0 radical (unpaired) electrons. The molecule has 7 heteroatoms. The van der Waals surface area contributed by atoms with Crippen molar-refractivity contribution in [3.63, 3.8) is 0 Å². The molecule has 1 aromatic rings. The maximum atomic E-state index is 11.6. The first-order chi connectivity index (χ1) is 7.95. The van der Waals surface area contributed by atoms with Crippen LogP contribution in [0.25, 0.3) is 0 Å². The van der Waals surface area contributed by atoms with Crippen LogP contribution in [-0.4, -0.2) is 34.7 Å². The van der Waals surface area contributed by atoms with Gasteiger partial charge in [-0.25, -0.2) is 4.79 Å². The van der Waals surface area contributed by atoms with Crippen LogP contribution in [0.3, 0.4) is 0 Å². The van der Waals surface area contributed by atoms with Gasteiger partial charge in [0.25, 0.3) is 5.91 Å². The van der Waals surface area contributed by atoms with Crippen LogP contribution in [0, 0.1) is 0 Å². The number of nitrogen functional groups attached to an aromatic ring is 1. The summed E-state index contributed by atoms with van der Waals surface area (Å²) >= 11 is 5.68. The number of aliphatic hydroxyl groups is 1. The molecule has 0 heterocycles. The summed E-state index contributed by atoms with van der Waals surface area (Å²) in [5, 5.41) is 19.8. The number of hydrogen-bond donors (Lipinski definition) is 4. The predicted octanol–water partition coefficient (Wildman–Crippen LogP) is 0.0975. The van der Waals surface area contributed by atoms with E-state index < -0.39 is 24.5 Å². The van der Waals surface area contributed by atoms with Gasteiger partial charge in [-0.15, -0.1) is 0 Å². The minimum atomic E-state index is -1.35. The fourth-order valence-electron chi connectivity index (χ4n) is 1.11. The Bertz CT molecular complexity index is 450. The summed E-state index contributed by atoms with van der Waals surface area (Å²) in [6, 6.07) is 2.82. The number of benzene rings is 1. The van der Waals surface area contributed by atoms with Crippen molar-refractivity contribution in [1.82, 2.24) is 5.32 Å². The van der Waals surface area contributed by atoms with Gasteiger partial charge in [0.1, 0.15) is 0 Å². The summed E-state index contributed by atoms with van der Waals surface area (Å²) in [4.78, 5) is 22.2. The molecular formula is C10H11ClN2O4. The van der Waals surface area contributed by atoms with E-state index in [1.165, 1.54) is 18.2 Å². The van der Waals surface area contributed by atoms with Crippen molar-refractivity contribution in [2.24, 2.45) is 0 Å². The number of halogens is 1. The van der Waals surface area contributed by atoms with Crippen molar-refractivity contribution in [2.45, 2.75) is 6.04 Å². The van der Waals surface area contributed by atoms with Crippen molar-refractivity contribution in [2.75, 3.05) is 12.3 Å². The molecule has 0 aliphatic rings.